The van der Waals surface area contributed by atoms with E-state index in [0.717, 1.165) is 11.5 Å². The molecule has 1 fully saturated rings. The molecule has 21 heavy (non-hydrogen) atoms. The van der Waals surface area contributed by atoms with Crippen LogP contribution in [0.25, 0.3) is 0 Å². The van der Waals surface area contributed by atoms with Gasteiger partial charge in [0.05, 0.1) is 18.4 Å². The lowest BCUT2D eigenvalue weighted by Gasteiger charge is -2.15. The average molecular weight is 288 g/mol. The topological polar surface area (TPSA) is 77.3 Å². The van der Waals surface area contributed by atoms with Gasteiger partial charge in [-0.15, -0.1) is 0 Å². The molecule has 0 radical (unpaired) electrons. The van der Waals surface area contributed by atoms with Crippen molar-refractivity contribution in [2.24, 2.45) is 5.92 Å². The van der Waals surface area contributed by atoms with E-state index in [2.05, 4.69) is 12.0 Å². The lowest BCUT2D eigenvalue weighted by Crippen LogP contribution is -2.29. The van der Waals surface area contributed by atoms with E-state index in [1.165, 1.54) is 17.3 Å². The maximum Gasteiger partial charge on any atom is 0.244 e. The largest absolute Gasteiger partial charge is 0.464 e. The molecule has 0 saturated heterocycles. The van der Waals surface area contributed by atoms with Gasteiger partial charge in [0.2, 0.25) is 5.91 Å². The Balaban J connectivity index is 1.56. The predicted molar refractivity (Wildman–Crippen MR) is 78.3 cm³/mol. The SMILES string of the molecule is CC1CC1c1ccc(CN(C)C(=O)Cn2cc(N)cn2)o1. The number of carbonyl (C=O) groups is 1. The van der Waals surface area contributed by atoms with Crippen LogP contribution in [0.2, 0.25) is 0 Å². The minimum atomic E-state index is -0.0316. The number of hydrogen-bond donors (Lipinski definition) is 1. The van der Waals surface area contributed by atoms with Crippen LogP contribution in [0, 0.1) is 5.92 Å². The highest BCUT2D eigenvalue weighted by Crippen LogP contribution is 2.47. The maximum atomic E-state index is 12.1. The smallest absolute Gasteiger partial charge is 0.244 e. The average Bonchev–Trinajstić information content (AvgIpc) is 2.84. The Morgan fingerprint density at radius 2 is 2.33 bits per heavy atom. The van der Waals surface area contributed by atoms with Gasteiger partial charge in [-0.2, -0.15) is 5.10 Å². The van der Waals surface area contributed by atoms with Crippen molar-refractivity contribution in [2.45, 2.75) is 32.4 Å². The molecule has 1 saturated carbocycles. The van der Waals surface area contributed by atoms with Gasteiger partial charge in [0, 0.05) is 19.2 Å². The van der Waals surface area contributed by atoms with Crippen LogP contribution in [0.15, 0.2) is 28.9 Å². The Morgan fingerprint density at radius 3 is 2.95 bits per heavy atom. The molecule has 2 unspecified atom stereocenters. The number of likely N-dealkylation sites (N-methyl/N-ethyl adjacent to an activating group) is 1. The molecule has 0 aliphatic heterocycles. The molecule has 2 heterocycles. The molecule has 6 nitrogen and oxygen atoms in total. The molecule has 1 amide bonds. The van der Waals surface area contributed by atoms with Crippen LogP contribution < -0.4 is 5.73 Å². The fourth-order valence-electron chi connectivity index (χ4n) is 2.44. The van der Waals surface area contributed by atoms with Crippen molar-refractivity contribution in [2.75, 3.05) is 12.8 Å². The second kappa shape index (κ2) is 5.27. The molecule has 3 rings (SSSR count). The van der Waals surface area contributed by atoms with Crippen LogP contribution in [-0.2, 0) is 17.9 Å². The van der Waals surface area contributed by atoms with Crippen LogP contribution in [0.3, 0.4) is 0 Å². The summed E-state index contributed by atoms with van der Waals surface area (Å²) >= 11 is 0. The quantitative estimate of drug-likeness (QED) is 0.910. The van der Waals surface area contributed by atoms with Gasteiger partial charge in [-0.1, -0.05) is 6.92 Å². The van der Waals surface area contributed by atoms with Crippen molar-refractivity contribution >= 4 is 11.6 Å². The number of hydrogen-bond acceptors (Lipinski definition) is 4. The van der Waals surface area contributed by atoms with Crippen LogP contribution in [0.4, 0.5) is 5.69 Å². The van der Waals surface area contributed by atoms with Crippen LogP contribution in [0.5, 0.6) is 0 Å². The molecule has 2 atom stereocenters. The van der Waals surface area contributed by atoms with Gasteiger partial charge >= 0.3 is 0 Å². The summed E-state index contributed by atoms with van der Waals surface area (Å²) in [5.41, 5.74) is 6.13. The van der Waals surface area contributed by atoms with Crippen LogP contribution >= 0.6 is 0 Å². The fraction of sp³-hybridized carbons (Fsp3) is 0.467. The molecule has 1 aliphatic carbocycles. The summed E-state index contributed by atoms with van der Waals surface area (Å²) in [5.74, 6) is 3.11. The summed E-state index contributed by atoms with van der Waals surface area (Å²) in [5, 5.41) is 4.01. The van der Waals surface area contributed by atoms with Crippen molar-refractivity contribution in [1.82, 2.24) is 14.7 Å². The molecule has 0 spiro atoms. The van der Waals surface area contributed by atoms with Gasteiger partial charge in [-0.05, 0) is 24.5 Å². The molecular weight excluding hydrogens is 268 g/mol. The van der Waals surface area contributed by atoms with Crippen molar-refractivity contribution in [3.63, 3.8) is 0 Å². The second-order valence-electron chi connectivity index (χ2n) is 5.84. The lowest BCUT2D eigenvalue weighted by molar-refractivity contribution is -0.131. The van der Waals surface area contributed by atoms with E-state index in [1.54, 1.807) is 18.1 Å². The van der Waals surface area contributed by atoms with Gasteiger partial charge in [0.15, 0.2) is 0 Å². The zero-order valence-electron chi connectivity index (χ0n) is 12.3. The number of nitrogen functional groups attached to an aromatic ring is 1. The van der Waals surface area contributed by atoms with E-state index in [0.29, 0.717) is 24.1 Å². The summed E-state index contributed by atoms with van der Waals surface area (Å²) in [6.45, 7) is 2.87. The minimum absolute atomic E-state index is 0.0316. The van der Waals surface area contributed by atoms with Gasteiger partial charge in [-0.3, -0.25) is 9.48 Å². The number of nitrogens with two attached hydrogens (primary N) is 1. The van der Waals surface area contributed by atoms with Gasteiger partial charge in [-0.25, -0.2) is 0 Å². The number of amides is 1. The van der Waals surface area contributed by atoms with Crippen molar-refractivity contribution in [3.05, 3.63) is 36.0 Å². The van der Waals surface area contributed by atoms with Gasteiger partial charge < -0.3 is 15.1 Å². The molecule has 1 aliphatic rings. The number of aromatic nitrogens is 2. The number of nitrogens with zero attached hydrogens (tertiary/aromatic N) is 3. The van der Waals surface area contributed by atoms with E-state index in [1.807, 2.05) is 12.1 Å². The normalized spacial score (nSPS) is 20.5. The third-order valence-corrected chi connectivity index (χ3v) is 3.93. The van der Waals surface area contributed by atoms with E-state index in [9.17, 15) is 4.79 Å². The third kappa shape index (κ3) is 3.09. The molecule has 6 heteroatoms. The Bertz CT molecular complexity index is 646. The van der Waals surface area contributed by atoms with E-state index in [4.69, 9.17) is 10.2 Å². The minimum Gasteiger partial charge on any atom is -0.464 e. The predicted octanol–water partition coefficient (Wildman–Crippen LogP) is 1.84. The first-order chi connectivity index (χ1) is 10.0. The van der Waals surface area contributed by atoms with Gasteiger partial charge in [0.25, 0.3) is 0 Å². The Labute approximate surface area is 123 Å². The second-order valence-corrected chi connectivity index (χ2v) is 5.84. The third-order valence-electron chi connectivity index (χ3n) is 3.93. The summed E-state index contributed by atoms with van der Waals surface area (Å²) in [6, 6.07) is 3.98. The van der Waals surface area contributed by atoms with E-state index >= 15 is 0 Å². The highest BCUT2D eigenvalue weighted by Gasteiger charge is 2.36. The Hall–Kier alpha value is -2.24. The fourth-order valence-corrected chi connectivity index (χ4v) is 2.44. The molecule has 2 aromatic heterocycles. The maximum absolute atomic E-state index is 12.1. The number of rotatable bonds is 5. The monoisotopic (exact) mass is 288 g/mol. The molecular formula is C15H20N4O2. The highest BCUT2D eigenvalue weighted by atomic mass is 16.3. The Morgan fingerprint density at radius 1 is 1.57 bits per heavy atom. The molecule has 0 aromatic carbocycles. The zero-order valence-corrected chi connectivity index (χ0v) is 12.3. The van der Waals surface area contributed by atoms with Crippen LogP contribution in [0.1, 0.15) is 30.8 Å². The highest BCUT2D eigenvalue weighted by molar-refractivity contribution is 5.75. The molecule has 2 N–H and O–H groups in total. The standard InChI is InChI=1S/C15H20N4O2/c1-10-5-13(10)14-4-3-12(21-14)8-18(2)15(20)9-19-7-11(16)6-17-19/h3-4,6-7,10,13H,5,8-9,16H2,1-2H3. The molecule has 2 aromatic rings. The number of anilines is 1. The number of furan rings is 1. The number of carbonyl (C=O) groups excluding carboxylic acids is 1. The molecule has 112 valence electrons. The first-order valence-corrected chi connectivity index (χ1v) is 7.13. The lowest BCUT2D eigenvalue weighted by atomic mass is 10.3. The van der Waals surface area contributed by atoms with Gasteiger partial charge in [0.1, 0.15) is 18.1 Å². The summed E-state index contributed by atoms with van der Waals surface area (Å²) in [7, 11) is 1.76. The van der Waals surface area contributed by atoms with E-state index < -0.39 is 0 Å². The first-order valence-electron chi connectivity index (χ1n) is 7.13. The summed E-state index contributed by atoms with van der Waals surface area (Å²) in [4.78, 5) is 13.7. The van der Waals surface area contributed by atoms with E-state index in [-0.39, 0.29) is 12.5 Å². The summed E-state index contributed by atoms with van der Waals surface area (Å²) in [6.07, 6.45) is 4.37. The Kier molecular flexibility index (Phi) is 3.45. The zero-order chi connectivity index (χ0) is 15.0. The molecule has 0 bridgehead atoms. The van der Waals surface area contributed by atoms with Crippen LogP contribution in [-0.4, -0.2) is 27.6 Å². The van der Waals surface area contributed by atoms with Crippen molar-refractivity contribution in [1.29, 1.82) is 0 Å². The summed E-state index contributed by atoms with van der Waals surface area (Å²) < 4.78 is 7.35. The first kappa shape index (κ1) is 13.7. The van der Waals surface area contributed by atoms with Crippen molar-refractivity contribution < 1.29 is 9.21 Å². The van der Waals surface area contributed by atoms with Crippen molar-refractivity contribution in [3.8, 4) is 0 Å².